The topological polar surface area (TPSA) is 76.0 Å². The van der Waals surface area contributed by atoms with Gasteiger partial charge in [0.15, 0.2) is 0 Å². The Kier molecular flexibility index (Phi) is 2.66. The van der Waals surface area contributed by atoms with Crippen LogP contribution >= 0.6 is 0 Å². The van der Waals surface area contributed by atoms with Gasteiger partial charge >= 0.3 is 5.97 Å². The fourth-order valence-electron chi connectivity index (χ4n) is 1.17. The Morgan fingerprint density at radius 3 is 2.83 bits per heavy atom. The molecule has 2 atom stereocenters. The summed E-state index contributed by atoms with van der Waals surface area (Å²) in [6, 6.07) is 0. The van der Waals surface area contributed by atoms with Crippen LogP contribution < -0.4 is 0 Å². The molecule has 0 unspecified atom stereocenters. The molecule has 12 heavy (non-hydrogen) atoms. The van der Waals surface area contributed by atoms with Gasteiger partial charge in [-0.15, -0.1) is 0 Å². The van der Waals surface area contributed by atoms with Crippen LogP contribution in [0.5, 0.6) is 0 Å². The van der Waals surface area contributed by atoms with Crippen LogP contribution in [0.3, 0.4) is 0 Å². The number of carbonyl (C=O) groups excluding carboxylic acids is 1. The van der Waals surface area contributed by atoms with Gasteiger partial charge in [0.1, 0.15) is 12.7 Å². The Morgan fingerprint density at radius 2 is 2.50 bits per heavy atom. The van der Waals surface area contributed by atoms with E-state index in [1.54, 1.807) is 6.92 Å². The van der Waals surface area contributed by atoms with Crippen molar-refractivity contribution in [2.45, 2.75) is 25.2 Å². The molecule has 1 heterocycles. The molecule has 1 fully saturated rings. The fraction of sp³-hybridized carbons (Fsp3) is 0.857. The van der Waals surface area contributed by atoms with Gasteiger partial charge in [-0.1, -0.05) is 0 Å². The van der Waals surface area contributed by atoms with E-state index >= 15 is 0 Å². The summed E-state index contributed by atoms with van der Waals surface area (Å²) < 4.78 is 9.67. The van der Waals surface area contributed by atoms with E-state index in [2.05, 4.69) is 4.74 Å². The molecule has 2 N–H and O–H groups in total. The molecule has 0 aromatic heterocycles. The maximum absolute atomic E-state index is 10.7. The van der Waals surface area contributed by atoms with Crippen molar-refractivity contribution in [1.82, 2.24) is 0 Å². The van der Waals surface area contributed by atoms with E-state index in [-0.39, 0.29) is 13.0 Å². The second-order valence-electron chi connectivity index (χ2n) is 2.60. The van der Waals surface area contributed by atoms with E-state index in [1.807, 2.05) is 0 Å². The third-order valence-corrected chi connectivity index (χ3v) is 1.76. The highest BCUT2D eigenvalue weighted by atomic mass is 16.7. The van der Waals surface area contributed by atoms with Crippen LogP contribution in [-0.2, 0) is 14.3 Å². The third-order valence-electron chi connectivity index (χ3n) is 1.76. The molecule has 0 aromatic rings. The lowest BCUT2D eigenvalue weighted by atomic mass is 10.1. The molecule has 0 saturated carbocycles. The lowest BCUT2D eigenvalue weighted by Crippen LogP contribution is -2.45. The lowest BCUT2D eigenvalue weighted by Gasteiger charge is -2.27. The predicted molar refractivity (Wildman–Crippen MR) is 38.2 cm³/mol. The number of ether oxygens (including phenoxy) is 2. The van der Waals surface area contributed by atoms with Crippen LogP contribution in [-0.4, -0.2) is 41.3 Å². The largest absolute Gasteiger partial charge is 0.427 e. The molecular weight excluding hydrogens is 164 g/mol. The third kappa shape index (κ3) is 1.43. The molecule has 0 aromatic carbocycles. The highest BCUT2D eigenvalue weighted by Gasteiger charge is 2.49. The summed E-state index contributed by atoms with van der Waals surface area (Å²) >= 11 is 0. The number of esters is 1. The van der Waals surface area contributed by atoms with Gasteiger partial charge in [0.2, 0.25) is 0 Å². The Labute approximate surface area is 69.9 Å². The number of carbonyl (C=O) groups is 1. The minimum Gasteiger partial charge on any atom is -0.427 e. The van der Waals surface area contributed by atoms with Crippen LogP contribution in [0.15, 0.2) is 0 Å². The number of aliphatic hydroxyl groups is 2. The van der Waals surface area contributed by atoms with E-state index in [0.29, 0.717) is 0 Å². The molecule has 0 radical (unpaired) electrons. The number of aliphatic hydroxyl groups excluding tert-OH is 2. The number of hydrogen-bond donors (Lipinski definition) is 2. The number of rotatable bonds is 3. The van der Waals surface area contributed by atoms with Crippen molar-refractivity contribution in [3.8, 4) is 0 Å². The molecule has 0 amide bonds. The highest BCUT2D eigenvalue weighted by Crippen LogP contribution is 2.27. The molecule has 1 rings (SSSR count). The van der Waals surface area contributed by atoms with Gasteiger partial charge in [0.25, 0.3) is 5.79 Å². The summed E-state index contributed by atoms with van der Waals surface area (Å²) in [4.78, 5) is 10.7. The van der Waals surface area contributed by atoms with Crippen LogP contribution in [0.2, 0.25) is 0 Å². The number of hydrogen-bond acceptors (Lipinski definition) is 5. The zero-order chi connectivity index (χ0) is 9.19. The van der Waals surface area contributed by atoms with E-state index in [9.17, 15) is 9.90 Å². The van der Waals surface area contributed by atoms with Crippen molar-refractivity contribution in [3.63, 3.8) is 0 Å². The smallest absolute Gasteiger partial charge is 0.311 e. The molecule has 0 spiro atoms. The zero-order valence-electron chi connectivity index (χ0n) is 6.82. The average molecular weight is 176 g/mol. The first-order chi connectivity index (χ1) is 5.64. The van der Waals surface area contributed by atoms with Crippen LogP contribution in [0.25, 0.3) is 0 Å². The molecule has 5 heteroatoms. The standard InChI is InChI=1S/C7H12O5/c1-2-11-7(4-8)5(9)3-6(10)12-7/h5,8-9H,2-4H2,1H3/t5-,7-/m1/s1. The number of cyclic esters (lactones) is 1. The van der Waals surface area contributed by atoms with Crippen molar-refractivity contribution in [1.29, 1.82) is 0 Å². The van der Waals surface area contributed by atoms with E-state index in [1.165, 1.54) is 0 Å². The van der Waals surface area contributed by atoms with Crippen LogP contribution in [0.4, 0.5) is 0 Å². The minimum atomic E-state index is -1.52. The molecule has 1 aliphatic rings. The van der Waals surface area contributed by atoms with Crippen molar-refractivity contribution < 1.29 is 24.5 Å². The predicted octanol–water partition coefficient (Wildman–Crippen LogP) is -0.981. The van der Waals surface area contributed by atoms with Crippen LogP contribution in [0, 0.1) is 0 Å². The molecule has 70 valence electrons. The minimum absolute atomic E-state index is 0.124. The summed E-state index contributed by atoms with van der Waals surface area (Å²) in [6.45, 7) is 1.44. The summed E-state index contributed by atoms with van der Waals surface area (Å²) in [5, 5.41) is 18.2. The van der Waals surface area contributed by atoms with E-state index < -0.39 is 24.5 Å². The molecule has 5 nitrogen and oxygen atoms in total. The fourth-order valence-corrected chi connectivity index (χ4v) is 1.17. The highest BCUT2D eigenvalue weighted by molar-refractivity contribution is 5.73. The van der Waals surface area contributed by atoms with Crippen molar-refractivity contribution >= 4 is 5.97 Å². The summed E-state index contributed by atoms with van der Waals surface area (Å²) in [6.07, 6.45) is -1.20. The normalized spacial score (nSPS) is 35.2. The van der Waals surface area contributed by atoms with Crippen molar-refractivity contribution in [2.24, 2.45) is 0 Å². The second kappa shape index (κ2) is 3.38. The molecule has 1 aliphatic heterocycles. The maximum Gasteiger partial charge on any atom is 0.311 e. The first-order valence-electron chi connectivity index (χ1n) is 3.79. The Balaban J connectivity index is 2.71. The summed E-state index contributed by atoms with van der Waals surface area (Å²) in [7, 11) is 0. The molecule has 0 aliphatic carbocycles. The van der Waals surface area contributed by atoms with Crippen molar-refractivity contribution in [3.05, 3.63) is 0 Å². The monoisotopic (exact) mass is 176 g/mol. The van der Waals surface area contributed by atoms with Gasteiger partial charge in [0.05, 0.1) is 6.42 Å². The van der Waals surface area contributed by atoms with Gasteiger partial charge in [-0.25, -0.2) is 0 Å². The summed E-state index contributed by atoms with van der Waals surface area (Å²) in [5.74, 6) is -2.07. The van der Waals surface area contributed by atoms with E-state index in [4.69, 9.17) is 9.84 Å². The van der Waals surface area contributed by atoms with Gasteiger partial charge < -0.3 is 19.7 Å². The molecule has 0 bridgehead atoms. The zero-order valence-corrected chi connectivity index (χ0v) is 6.82. The Bertz CT molecular complexity index is 181. The Hall–Kier alpha value is -0.650. The second-order valence-corrected chi connectivity index (χ2v) is 2.60. The quantitative estimate of drug-likeness (QED) is 0.540. The van der Waals surface area contributed by atoms with Crippen LogP contribution in [0.1, 0.15) is 13.3 Å². The molecular formula is C7H12O5. The van der Waals surface area contributed by atoms with Gasteiger partial charge in [-0.3, -0.25) is 4.79 Å². The van der Waals surface area contributed by atoms with Gasteiger partial charge in [-0.05, 0) is 6.92 Å². The lowest BCUT2D eigenvalue weighted by molar-refractivity contribution is -0.255. The van der Waals surface area contributed by atoms with E-state index in [0.717, 1.165) is 0 Å². The molecule has 1 saturated heterocycles. The van der Waals surface area contributed by atoms with Crippen molar-refractivity contribution in [2.75, 3.05) is 13.2 Å². The average Bonchev–Trinajstić information content (AvgIpc) is 2.28. The SMILES string of the molecule is CCO[C@]1(CO)OC(=O)C[C@H]1O. The Morgan fingerprint density at radius 1 is 1.83 bits per heavy atom. The maximum atomic E-state index is 10.7. The van der Waals surface area contributed by atoms with Gasteiger partial charge in [0, 0.05) is 6.61 Å². The summed E-state index contributed by atoms with van der Waals surface area (Å²) in [5.41, 5.74) is 0. The first-order valence-corrected chi connectivity index (χ1v) is 3.79. The van der Waals surface area contributed by atoms with Gasteiger partial charge in [-0.2, -0.15) is 0 Å². The first kappa shape index (κ1) is 9.44.